The molecule has 2 rings (SSSR count). The van der Waals surface area contributed by atoms with Gasteiger partial charge in [0.25, 0.3) is 0 Å². The summed E-state index contributed by atoms with van der Waals surface area (Å²) in [5, 5.41) is 12.7. The third-order valence-electron chi connectivity index (χ3n) is 4.16. The minimum atomic E-state index is -3.80. The molecule has 0 aliphatic rings. The van der Waals surface area contributed by atoms with E-state index in [1.165, 1.54) is 18.2 Å². The lowest BCUT2D eigenvalue weighted by Gasteiger charge is -2.18. The molecule has 2 aromatic rings. The van der Waals surface area contributed by atoms with E-state index >= 15 is 0 Å². The monoisotopic (exact) mass is 406 g/mol. The van der Waals surface area contributed by atoms with E-state index in [-0.39, 0.29) is 23.0 Å². The van der Waals surface area contributed by atoms with Crippen LogP contribution in [0.2, 0.25) is 0 Å². The number of sulfonamides is 1. The normalized spacial score (nSPS) is 12.5. The molecule has 8 heteroatoms. The van der Waals surface area contributed by atoms with Crippen molar-refractivity contribution in [2.24, 2.45) is 0 Å². The minimum Gasteiger partial charge on any atom is -0.478 e. The highest BCUT2D eigenvalue weighted by molar-refractivity contribution is 7.89. The molecule has 0 fully saturated rings. The van der Waals surface area contributed by atoms with Crippen LogP contribution >= 0.6 is 0 Å². The largest absolute Gasteiger partial charge is 0.478 e. The molecule has 0 saturated carbocycles. The maximum atomic E-state index is 12.4. The van der Waals surface area contributed by atoms with Gasteiger partial charge in [0.1, 0.15) is 0 Å². The standard InChI is InChI=1S/C20H26N2O5S/c1-3-27-13-7-12-21-28(25,26)17-10-11-19(18(14-17)20(23)24)22-15(2)16-8-5-4-6-9-16/h4-6,8-11,14-15,21-22H,3,7,12-13H2,1-2H3,(H,23,24). The number of nitrogens with one attached hydrogen (secondary N) is 2. The molecule has 1 unspecified atom stereocenters. The number of hydrogen-bond acceptors (Lipinski definition) is 5. The van der Waals surface area contributed by atoms with Gasteiger partial charge in [-0.3, -0.25) is 0 Å². The Morgan fingerprint density at radius 1 is 1.18 bits per heavy atom. The fourth-order valence-electron chi connectivity index (χ4n) is 2.66. The number of benzene rings is 2. The summed E-state index contributed by atoms with van der Waals surface area (Å²) in [5.74, 6) is -1.20. The average molecular weight is 407 g/mol. The van der Waals surface area contributed by atoms with Gasteiger partial charge in [-0.05, 0) is 44.0 Å². The molecule has 0 amide bonds. The van der Waals surface area contributed by atoms with Gasteiger partial charge in [-0.25, -0.2) is 17.9 Å². The summed E-state index contributed by atoms with van der Waals surface area (Å²) in [6.07, 6.45) is 0.535. The highest BCUT2D eigenvalue weighted by atomic mass is 32.2. The molecular weight excluding hydrogens is 380 g/mol. The molecule has 3 N–H and O–H groups in total. The van der Waals surface area contributed by atoms with Crippen molar-refractivity contribution in [1.29, 1.82) is 0 Å². The van der Waals surface area contributed by atoms with E-state index in [1.807, 2.05) is 44.2 Å². The van der Waals surface area contributed by atoms with Crippen molar-refractivity contribution in [2.45, 2.75) is 31.2 Å². The number of hydrogen-bond donors (Lipinski definition) is 3. The predicted octanol–water partition coefficient (Wildman–Crippen LogP) is 3.26. The van der Waals surface area contributed by atoms with Crippen molar-refractivity contribution >= 4 is 21.7 Å². The third-order valence-corrected chi connectivity index (χ3v) is 5.62. The van der Waals surface area contributed by atoms with E-state index < -0.39 is 16.0 Å². The Morgan fingerprint density at radius 3 is 2.54 bits per heavy atom. The lowest BCUT2D eigenvalue weighted by atomic mass is 10.1. The molecule has 7 nitrogen and oxygen atoms in total. The number of anilines is 1. The van der Waals surface area contributed by atoms with E-state index in [0.717, 1.165) is 5.56 Å². The summed E-state index contributed by atoms with van der Waals surface area (Å²) in [5.41, 5.74) is 1.26. The number of carboxylic acid groups (broad SMARTS) is 1. The molecule has 0 aromatic heterocycles. The summed E-state index contributed by atoms with van der Waals surface area (Å²) >= 11 is 0. The van der Waals surface area contributed by atoms with E-state index in [4.69, 9.17) is 4.74 Å². The van der Waals surface area contributed by atoms with Crippen LogP contribution in [0.4, 0.5) is 5.69 Å². The first-order chi connectivity index (χ1) is 13.3. The zero-order valence-electron chi connectivity index (χ0n) is 16.0. The van der Waals surface area contributed by atoms with Crippen LogP contribution in [0.5, 0.6) is 0 Å². The van der Waals surface area contributed by atoms with Crippen LogP contribution < -0.4 is 10.0 Å². The fourth-order valence-corrected chi connectivity index (χ4v) is 3.76. The lowest BCUT2D eigenvalue weighted by Crippen LogP contribution is -2.26. The summed E-state index contributed by atoms with van der Waals surface area (Å²) in [6.45, 7) is 5.03. The van der Waals surface area contributed by atoms with Crippen LogP contribution in [0.25, 0.3) is 0 Å². The predicted molar refractivity (Wildman–Crippen MR) is 108 cm³/mol. The van der Waals surface area contributed by atoms with Crippen LogP contribution in [-0.2, 0) is 14.8 Å². The molecule has 0 aliphatic carbocycles. The number of carbonyl (C=O) groups is 1. The second-order valence-corrected chi connectivity index (χ2v) is 8.00. The molecule has 1 atom stereocenters. The van der Waals surface area contributed by atoms with Gasteiger partial charge < -0.3 is 15.2 Å². The minimum absolute atomic E-state index is 0.0841. The fraction of sp³-hybridized carbons (Fsp3) is 0.350. The van der Waals surface area contributed by atoms with E-state index in [9.17, 15) is 18.3 Å². The van der Waals surface area contributed by atoms with Gasteiger partial charge in [0.2, 0.25) is 10.0 Å². The van der Waals surface area contributed by atoms with Gasteiger partial charge in [-0.2, -0.15) is 0 Å². The summed E-state index contributed by atoms with van der Waals surface area (Å²) < 4.78 is 32.5. The second-order valence-electron chi connectivity index (χ2n) is 6.24. The topological polar surface area (TPSA) is 105 Å². The summed E-state index contributed by atoms with van der Waals surface area (Å²) in [7, 11) is -3.80. The Hall–Kier alpha value is -2.42. The van der Waals surface area contributed by atoms with E-state index in [1.54, 1.807) is 0 Å². The third kappa shape index (κ3) is 6.05. The summed E-state index contributed by atoms with van der Waals surface area (Å²) in [4.78, 5) is 11.6. The van der Waals surface area contributed by atoms with Gasteiger partial charge in [-0.15, -0.1) is 0 Å². The van der Waals surface area contributed by atoms with Crippen LogP contribution in [0, 0.1) is 0 Å². The molecule has 152 valence electrons. The van der Waals surface area contributed by atoms with Crippen LogP contribution in [0.1, 0.15) is 42.2 Å². The molecule has 0 spiro atoms. The van der Waals surface area contributed by atoms with Gasteiger partial charge >= 0.3 is 5.97 Å². The highest BCUT2D eigenvalue weighted by Crippen LogP contribution is 2.25. The Labute approximate surface area is 165 Å². The van der Waals surface area contributed by atoms with Crippen molar-refractivity contribution in [3.05, 3.63) is 59.7 Å². The number of carboxylic acids is 1. The highest BCUT2D eigenvalue weighted by Gasteiger charge is 2.19. The summed E-state index contributed by atoms with van der Waals surface area (Å²) in [6, 6.07) is 13.5. The second kappa shape index (κ2) is 10.2. The maximum absolute atomic E-state index is 12.4. The van der Waals surface area contributed by atoms with Crippen LogP contribution in [0.15, 0.2) is 53.4 Å². The zero-order valence-corrected chi connectivity index (χ0v) is 16.8. The Balaban J connectivity index is 2.16. The Kier molecular flexibility index (Phi) is 7.98. The van der Waals surface area contributed by atoms with Crippen molar-refractivity contribution in [2.75, 3.05) is 25.1 Å². The lowest BCUT2D eigenvalue weighted by molar-refractivity contribution is 0.0697. The molecular formula is C20H26N2O5S. The van der Waals surface area contributed by atoms with Crippen LogP contribution in [-0.4, -0.2) is 39.3 Å². The van der Waals surface area contributed by atoms with Crippen molar-refractivity contribution in [3.63, 3.8) is 0 Å². The molecule has 0 bridgehead atoms. The smallest absolute Gasteiger partial charge is 0.337 e. The number of ether oxygens (including phenoxy) is 1. The molecule has 0 saturated heterocycles. The quantitative estimate of drug-likeness (QED) is 0.495. The van der Waals surface area contributed by atoms with Gasteiger partial charge in [-0.1, -0.05) is 30.3 Å². The van der Waals surface area contributed by atoms with Gasteiger partial charge in [0.05, 0.1) is 10.5 Å². The Bertz CT molecular complexity index is 885. The molecule has 28 heavy (non-hydrogen) atoms. The molecule has 2 aromatic carbocycles. The Morgan fingerprint density at radius 2 is 1.89 bits per heavy atom. The zero-order chi connectivity index (χ0) is 20.6. The number of aromatic carboxylic acids is 1. The molecule has 0 heterocycles. The van der Waals surface area contributed by atoms with Crippen molar-refractivity contribution in [1.82, 2.24) is 4.72 Å². The van der Waals surface area contributed by atoms with E-state index in [2.05, 4.69) is 10.0 Å². The van der Waals surface area contributed by atoms with Gasteiger partial charge in [0.15, 0.2) is 0 Å². The van der Waals surface area contributed by atoms with Crippen molar-refractivity contribution < 1.29 is 23.1 Å². The van der Waals surface area contributed by atoms with Crippen LogP contribution in [0.3, 0.4) is 0 Å². The van der Waals surface area contributed by atoms with Gasteiger partial charge in [0, 0.05) is 31.5 Å². The van der Waals surface area contributed by atoms with E-state index in [0.29, 0.717) is 25.3 Å². The van der Waals surface area contributed by atoms with Crippen molar-refractivity contribution in [3.8, 4) is 0 Å². The number of rotatable bonds is 11. The first-order valence-corrected chi connectivity index (χ1v) is 10.6. The molecule has 0 radical (unpaired) electrons. The SMILES string of the molecule is CCOCCCNS(=O)(=O)c1ccc(NC(C)c2ccccc2)c(C(=O)O)c1. The first kappa shape index (κ1) is 21.9. The average Bonchev–Trinajstić information content (AvgIpc) is 2.68. The maximum Gasteiger partial charge on any atom is 0.337 e. The molecule has 0 aliphatic heterocycles. The first-order valence-electron chi connectivity index (χ1n) is 9.11.